The van der Waals surface area contributed by atoms with Gasteiger partial charge in [0.15, 0.2) is 0 Å². The van der Waals surface area contributed by atoms with Crippen LogP contribution in [0.3, 0.4) is 0 Å². The average Bonchev–Trinajstić information content (AvgIpc) is 3.32. The maximum atomic E-state index is 2.56. The molecule has 2 atom stereocenters. The van der Waals surface area contributed by atoms with Crippen LogP contribution in [-0.2, 0) is 48.6 Å². The Balaban J connectivity index is 1.71. The van der Waals surface area contributed by atoms with E-state index in [1.54, 1.807) is 33.4 Å². The second-order valence-electron chi connectivity index (χ2n) is 7.68. The van der Waals surface area contributed by atoms with Gasteiger partial charge in [0.05, 0.1) is 0 Å². The summed E-state index contributed by atoms with van der Waals surface area (Å²) in [6.45, 7) is 9.22. The predicted octanol–water partition coefficient (Wildman–Crippen LogP) is 6.85. The Hall–Kier alpha value is -1.21. The predicted molar refractivity (Wildman–Crippen MR) is 114 cm³/mol. The van der Waals surface area contributed by atoms with Crippen LogP contribution in [0.2, 0.25) is 0 Å². The molecule has 2 unspecified atom stereocenters. The molecule has 0 N–H and O–H groups in total. The van der Waals surface area contributed by atoms with Gasteiger partial charge in [0, 0.05) is 0 Å². The molecule has 0 aliphatic heterocycles. The van der Waals surface area contributed by atoms with Gasteiger partial charge in [-0.05, 0) is 0 Å². The molecule has 0 aromatic heterocycles. The average molecular weight is 521 g/mol. The first-order chi connectivity index (χ1) is 13.2. The van der Waals surface area contributed by atoms with E-state index in [4.69, 9.17) is 0 Å². The van der Waals surface area contributed by atoms with E-state index in [9.17, 15) is 0 Å². The van der Waals surface area contributed by atoms with Gasteiger partial charge in [-0.15, -0.1) is 0 Å². The topological polar surface area (TPSA) is 0 Å². The molecular formula is C26H30Hf. The normalized spacial score (nSPS) is 19.4. The SMILES string of the molecule is CCc1ccc(CC)c2c1C=C[CH]2[Hf][CH]1C=Cc2c(CC)ccc(CC)c21. The third-order valence-corrected chi connectivity index (χ3v) is 12.4. The summed E-state index contributed by atoms with van der Waals surface area (Å²) < 4.78 is 1.49. The summed E-state index contributed by atoms with van der Waals surface area (Å²) in [6, 6.07) is 9.55. The van der Waals surface area contributed by atoms with Crippen molar-refractivity contribution in [1.82, 2.24) is 0 Å². The number of hydrogen-bond donors (Lipinski definition) is 0. The van der Waals surface area contributed by atoms with Gasteiger partial charge in [0.2, 0.25) is 0 Å². The summed E-state index contributed by atoms with van der Waals surface area (Å²) in [6.07, 6.45) is 14.6. The molecule has 0 saturated heterocycles. The van der Waals surface area contributed by atoms with Gasteiger partial charge in [-0.3, -0.25) is 0 Å². The fourth-order valence-electron chi connectivity index (χ4n) is 4.86. The summed E-state index contributed by atoms with van der Waals surface area (Å²) in [4.78, 5) is 0. The van der Waals surface area contributed by atoms with Crippen LogP contribution in [-0.4, -0.2) is 0 Å². The molecule has 0 spiro atoms. The van der Waals surface area contributed by atoms with Crippen molar-refractivity contribution in [2.24, 2.45) is 0 Å². The standard InChI is InChI=1S/2C13H15.Hf/c2*1-3-10-8-9-11(4-2)13-7-5-6-12(10)13;/h2*5-9H,3-4H2,1-2H3;. The van der Waals surface area contributed by atoms with Crippen LogP contribution in [0, 0.1) is 0 Å². The molecule has 1 heteroatoms. The molecule has 0 fully saturated rings. The molecule has 2 aliphatic rings. The molecule has 0 bridgehead atoms. The van der Waals surface area contributed by atoms with Crippen LogP contribution in [0.25, 0.3) is 12.2 Å². The van der Waals surface area contributed by atoms with E-state index in [1.807, 2.05) is 0 Å². The van der Waals surface area contributed by atoms with Crippen molar-refractivity contribution in [3.8, 4) is 0 Å². The van der Waals surface area contributed by atoms with Crippen molar-refractivity contribution in [3.05, 3.63) is 80.9 Å². The Morgan fingerprint density at radius 1 is 0.593 bits per heavy atom. The van der Waals surface area contributed by atoms with Gasteiger partial charge in [-0.25, -0.2) is 0 Å². The van der Waals surface area contributed by atoms with Crippen LogP contribution in [0.4, 0.5) is 0 Å². The Morgan fingerprint density at radius 2 is 0.963 bits per heavy atom. The molecule has 2 aliphatic carbocycles. The number of rotatable bonds is 6. The molecule has 0 amide bonds. The molecule has 0 heterocycles. The molecule has 0 nitrogen and oxygen atoms in total. The van der Waals surface area contributed by atoms with Crippen LogP contribution < -0.4 is 0 Å². The third kappa shape index (κ3) is 3.27. The van der Waals surface area contributed by atoms with E-state index >= 15 is 0 Å². The van der Waals surface area contributed by atoms with E-state index in [2.05, 4.69) is 76.3 Å². The van der Waals surface area contributed by atoms with Gasteiger partial charge < -0.3 is 0 Å². The zero-order valence-electron chi connectivity index (χ0n) is 17.1. The Bertz CT molecular complexity index is 841. The molecule has 0 radical (unpaired) electrons. The van der Waals surface area contributed by atoms with Crippen LogP contribution in [0.5, 0.6) is 0 Å². The summed E-state index contributed by atoms with van der Waals surface area (Å²) in [7, 11) is 0. The zero-order chi connectivity index (χ0) is 19.0. The fraction of sp³-hybridized carbons (Fsp3) is 0.385. The van der Waals surface area contributed by atoms with Crippen molar-refractivity contribution in [2.45, 2.75) is 60.7 Å². The molecule has 4 rings (SSSR count). The van der Waals surface area contributed by atoms with Crippen LogP contribution in [0.1, 0.15) is 79.6 Å². The van der Waals surface area contributed by atoms with E-state index in [0.29, 0.717) is 0 Å². The number of aryl methyl sites for hydroxylation is 4. The number of benzene rings is 2. The van der Waals surface area contributed by atoms with Crippen LogP contribution >= 0.6 is 0 Å². The number of hydrogen-bond acceptors (Lipinski definition) is 0. The molecule has 0 saturated carbocycles. The van der Waals surface area contributed by atoms with Gasteiger partial charge in [-0.2, -0.15) is 0 Å². The minimum atomic E-state index is -0.950. The Morgan fingerprint density at radius 3 is 1.33 bits per heavy atom. The van der Waals surface area contributed by atoms with Crippen molar-refractivity contribution >= 4 is 12.2 Å². The van der Waals surface area contributed by atoms with Gasteiger partial charge in [0.25, 0.3) is 0 Å². The van der Waals surface area contributed by atoms with Gasteiger partial charge in [-0.1, -0.05) is 0 Å². The van der Waals surface area contributed by atoms with Gasteiger partial charge >= 0.3 is 177 Å². The first-order valence-corrected chi connectivity index (χ1v) is 14.8. The van der Waals surface area contributed by atoms with Crippen molar-refractivity contribution < 1.29 is 22.9 Å². The third-order valence-electron chi connectivity index (χ3n) is 6.35. The maximum absolute atomic E-state index is 2.56. The first-order valence-electron chi connectivity index (χ1n) is 10.6. The molecular weight excluding hydrogens is 491 g/mol. The summed E-state index contributed by atoms with van der Waals surface area (Å²) in [5.74, 6) is 0. The molecule has 27 heavy (non-hydrogen) atoms. The number of allylic oxidation sites excluding steroid dienone is 2. The first kappa shape index (κ1) is 19.1. The molecule has 2 aromatic carbocycles. The fourth-order valence-corrected chi connectivity index (χ4v) is 11.4. The Kier molecular flexibility index (Phi) is 5.69. The molecule has 138 valence electrons. The second kappa shape index (κ2) is 8.03. The van der Waals surface area contributed by atoms with E-state index in [1.165, 1.54) is 11.1 Å². The summed E-state index contributed by atoms with van der Waals surface area (Å²) >= 11 is -0.950. The van der Waals surface area contributed by atoms with Crippen molar-refractivity contribution in [3.63, 3.8) is 0 Å². The molecule has 2 aromatic rings. The summed E-state index contributed by atoms with van der Waals surface area (Å²) in [5, 5.41) is 0. The Labute approximate surface area is 176 Å². The van der Waals surface area contributed by atoms with Gasteiger partial charge in [0.1, 0.15) is 0 Å². The van der Waals surface area contributed by atoms with Crippen LogP contribution in [0.15, 0.2) is 36.4 Å². The second-order valence-corrected chi connectivity index (χ2v) is 13.3. The minimum absolute atomic E-state index is 0.747. The summed E-state index contributed by atoms with van der Waals surface area (Å²) in [5.41, 5.74) is 12.8. The zero-order valence-corrected chi connectivity index (χ0v) is 20.7. The van der Waals surface area contributed by atoms with E-state index < -0.39 is 22.9 Å². The van der Waals surface area contributed by atoms with E-state index in [0.717, 1.165) is 33.0 Å². The van der Waals surface area contributed by atoms with Crippen molar-refractivity contribution in [2.75, 3.05) is 0 Å². The monoisotopic (exact) mass is 522 g/mol. The quantitative estimate of drug-likeness (QED) is 0.365. The van der Waals surface area contributed by atoms with Crippen molar-refractivity contribution in [1.29, 1.82) is 0 Å². The number of fused-ring (bicyclic) bond motifs is 2. The van der Waals surface area contributed by atoms with E-state index in [-0.39, 0.29) is 0 Å².